The van der Waals surface area contributed by atoms with Crippen LogP contribution in [-0.4, -0.2) is 18.0 Å². The zero-order chi connectivity index (χ0) is 15.6. The number of carbonyl (C=O) groups excluding carboxylic acids is 1. The monoisotopic (exact) mass is 308 g/mol. The number of ether oxygens (including phenoxy) is 1. The number of aryl methyl sites for hydroxylation is 1. The first-order valence-electron chi connectivity index (χ1n) is 6.37. The lowest BCUT2D eigenvalue weighted by Crippen LogP contribution is -2.06. The molecule has 0 saturated carbocycles. The van der Waals surface area contributed by atoms with Crippen molar-refractivity contribution in [1.82, 2.24) is 0 Å². The number of methoxy groups -OCH3 is 1. The number of hydrogen-bond donors (Lipinski definition) is 1. The summed E-state index contributed by atoms with van der Waals surface area (Å²) >= 11 is 5.99. The number of phenolic OH excluding ortho intramolecular Hbond substituents is 1. The maximum atomic E-state index is 14.0. The lowest BCUT2D eigenvalue weighted by molar-refractivity contribution is 0.103. The molecule has 2 aromatic rings. The summed E-state index contributed by atoms with van der Waals surface area (Å²) in [6.07, 6.45) is 0.667. The van der Waals surface area contributed by atoms with Gasteiger partial charge in [0.1, 0.15) is 17.3 Å². The molecule has 2 aromatic carbocycles. The summed E-state index contributed by atoms with van der Waals surface area (Å²) in [6.45, 7) is 1.89. The number of benzene rings is 2. The van der Waals surface area contributed by atoms with Gasteiger partial charge in [0.2, 0.25) is 5.78 Å². The third-order valence-corrected chi connectivity index (χ3v) is 3.49. The van der Waals surface area contributed by atoms with Crippen LogP contribution in [0.15, 0.2) is 30.3 Å². The molecule has 0 aliphatic carbocycles. The third kappa shape index (κ3) is 3.00. The molecule has 0 heterocycles. The van der Waals surface area contributed by atoms with Crippen LogP contribution in [0, 0.1) is 5.82 Å². The summed E-state index contributed by atoms with van der Waals surface area (Å²) in [4.78, 5) is 12.4. The third-order valence-electron chi connectivity index (χ3n) is 3.19. The molecule has 0 amide bonds. The van der Waals surface area contributed by atoms with Gasteiger partial charge in [-0.2, -0.15) is 0 Å². The summed E-state index contributed by atoms with van der Waals surface area (Å²) < 4.78 is 19.0. The Morgan fingerprint density at radius 1 is 1.33 bits per heavy atom. The normalized spacial score (nSPS) is 10.5. The molecule has 0 aliphatic heterocycles. The van der Waals surface area contributed by atoms with Gasteiger partial charge < -0.3 is 9.84 Å². The number of hydrogen-bond acceptors (Lipinski definition) is 3. The van der Waals surface area contributed by atoms with E-state index in [1.165, 1.54) is 31.4 Å². The van der Waals surface area contributed by atoms with Crippen LogP contribution in [0.4, 0.5) is 4.39 Å². The standard InChI is InChI=1S/C16H14ClFO3/c1-3-9-4-5-11(13(18)6-9)16(20)15-12(17)7-10(21-2)8-14(15)19/h4-8,19H,3H2,1-2H3. The van der Waals surface area contributed by atoms with Gasteiger partial charge in [0.15, 0.2) is 0 Å². The highest BCUT2D eigenvalue weighted by Gasteiger charge is 2.21. The highest BCUT2D eigenvalue weighted by Crippen LogP contribution is 2.33. The van der Waals surface area contributed by atoms with Crippen molar-refractivity contribution in [2.45, 2.75) is 13.3 Å². The molecule has 1 N–H and O–H groups in total. The van der Waals surface area contributed by atoms with Gasteiger partial charge in [-0.25, -0.2) is 4.39 Å². The second kappa shape index (κ2) is 6.14. The van der Waals surface area contributed by atoms with Crippen LogP contribution >= 0.6 is 11.6 Å². The SMILES string of the molecule is CCc1ccc(C(=O)c2c(O)cc(OC)cc2Cl)c(F)c1. The Morgan fingerprint density at radius 3 is 2.57 bits per heavy atom. The van der Waals surface area contributed by atoms with Crippen molar-refractivity contribution in [3.05, 3.63) is 57.9 Å². The fourth-order valence-corrected chi connectivity index (χ4v) is 2.30. The van der Waals surface area contributed by atoms with E-state index >= 15 is 0 Å². The second-order valence-electron chi connectivity index (χ2n) is 4.50. The van der Waals surface area contributed by atoms with Crippen molar-refractivity contribution >= 4 is 17.4 Å². The average Bonchev–Trinajstić information content (AvgIpc) is 2.45. The van der Waals surface area contributed by atoms with Gasteiger partial charge in [-0.1, -0.05) is 24.6 Å². The van der Waals surface area contributed by atoms with Gasteiger partial charge in [-0.3, -0.25) is 4.79 Å². The molecule has 0 unspecified atom stereocenters. The van der Waals surface area contributed by atoms with Crippen molar-refractivity contribution in [2.75, 3.05) is 7.11 Å². The number of ketones is 1. The molecule has 110 valence electrons. The Morgan fingerprint density at radius 2 is 2.05 bits per heavy atom. The first kappa shape index (κ1) is 15.3. The summed E-state index contributed by atoms with van der Waals surface area (Å²) in [5.41, 5.74) is 0.518. The minimum absolute atomic E-state index is 0.0100. The minimum atomic E-state index is -0.666. The summed E-state index contributed by atoms with van der Waals surface area (Å²) in [5, 5.41) is 9.93. The van der Waals surface area contributed by atoms with Crippen molar-refractivity contribution in [3.8, 4) is 11.5 Å². The molecular weight excluding hydrogens is 295 g/mol. The Kier molecular flexibility index (Phi) is 4.48. The Hall–Kier alpha value is -2.07. The minimum Gasteiger partial charge on any atom is -0.507 e. The maximum absolute atomic E-state index is 14.0. The van der Waals surface area contributed by atoms with Crippen LogP contribution in [0.5, 0.6) is 11.5 Å². The number of aromatic hydroxyl groups is 1. The van der Waals surface area contributed by atoms with Crippen molar-refractivity contribution in [1.29, 1.82) is 0 Å². The van der Waals surface area contributed by atoms with E-state index in [1.807, 2.05) is 6.92 Å². The highest BCUT2D eigenvalue weighted by molar-refractivity contribution is 6.35. The highest BCUT2D eigenvalue weighted by atomic mass is 35.5. The Bertz CT molecular complexity index is 675. The first-order chi connectivity index (χ1) is 9.97. The number of rotatable bonds is 4. The molecule has 21 heavy (non-hydrogen) atoms. The molecule has 0 aliphatic rings. The molecule has 5 heteroatoms. The largest absolute Gasteiger partial charge is 0.507 e. The van der Waals surface area contributed by atoms with Crippen LogP contribution in [0.2, 0.25) is 5.02 Å². The lowest BCUT2D eigenvalue weighted by Gasteiger charge is -2.10. The average molecular weight is 309 g/mol. The molecule has 0 atom stereocenters. The Balaban J connectivity index is 2.50. The van der Waals surface area contributed by atoms with E-state index in [1.54, 1.807) is 6.07 Å². The summed E-state index contributed by atoms with van der Waals surface area (Å²) in [5.74, 6) is -1.33. The van der Waals surface area contributed by atoms with Crippen LogP contribution in [0.25, 0.3) is 0 Å². The van der Waals surface area contributed by atoms with Crippen molar-refractivity contribution in [3.63, 3.8) is 0 Å². The van der Waals surface area contributed by atoms with Crippen LogP contribution in [-0.2, 0) is 6.42 Å². The first-order valence-corrected chi connectivity index (χ1v) is 6.75. The smallest absolute Gasteiger partial charge is 0.201 e. The van der Waals surface area contributed by atoms with E-state index in [0.717, 1.165) is 5.56 Å². The van der Waals surface area contributed by atoms with Gasteiger partial charge in [-0.05, 0) is 30.2 Å². The molecule has 0 fully saturated rings. The summed E-state index contributed by atoms with van der Waals surface area (Å²) in [7, 11) is 1.41. The molecule has 0 saturated heterocycles. The molecule has 0 bridgehead atoms. The van der Waals surface area contributed by atoms with Crippen molar-refractivity contribution in [2.24, 2.45) is 0 Å². The number of carbonyl (C=O) groups is 1. The Labute approximate surface area is 126 Å². The fraction of sp³-hybridized carbons (Fsp3) is 0.188. The van der Waals surface area contributed by atoms with E-state index in [4.69, 9.17) is 16.3 Å². The topological polar surface area (TPSA) is 46.5 Å². The number of halogens is 2. The molecular formula is C16H14ClFO3. The van der Waals surface area contributed by atoms with Gasteiger partial charge in [0.25, 0.3) is 0 Å². The van der Waals surface area contributed by atoms with E-state index in [-0.39, 0.29) is 21.9 Å². The van der Waals surface area contributed by atoms with Gasteiger partial charge >= 0.3 is 0 Å². The maximum Gasteiger partial charge on any atom is 0.201 e. The molecule has 3 nitrogen and oxygen atoms in total. The zero-order valence-corrected chi connectivity index (χ0v) is 12.4. The van der Waals surface area contributed by atoms with Gasteiger partial charge in [-0.15, -0.1) is 0 Å². The van der Waals surface area contributed by atoms with E-state index in [9.17, 15) is 14.3 Å². The second-order valence-corrected chi connectivity index (χ2v) is 4.91. The summed E-state index contributed by atoms with van der Waals surface area (Å²) in [6, 6.07) is 7.03. The van der Waals surface area contributed by atoms with Crippen LogP contribution in [0.3, 0.4) is 0 Å². The van der Waals surface area contributed by atoms with E-state index in [0.29, 0.717) is 12.2 Å². The van der Waals surface area contributed by atoms with E-state index in [2.05, 4.69) is 0 Å². The molecule has 0 spiro atoms. The molecule has 0 radical (unpaired) electrons. The number of phenols is 1. The van der Waals surface area contributed by atoms with E-state index < -0.39 is 11.6 Å². The predicted molar refractivity (Wildman–Crippen MR) is 78.9 cm³/mol. The predicted octanol–water partition coefficient (Wildman–Crippen LogP) is 3.99. The van der Waals surface area contributed by atoms with Gasteiger partial charge in [0.05, 0.1) is 23.3 Å². The van der Waals surface area contributed by atoms with Crippen LogP contribution in [0.1, 0.15) is 28.4 Å². The van der Waals surface area contributed by atoms with Crippen LogP contribution < -0.4 is 4.74 Å². The van der Waals surface area contributed by atoms with Crippen molar-refractivity contribution < 1.29 is 19.0 Å². The lowest BCUT2D eigenvalue weighted by atomic mass is 9.99. The molecule has 2 rings (SSSR count). The van der Waals surface area contributed by atoms with Gasteiger partial charge in [0, 0.05) is 6.07 Å². The zero-order valence-electron chi connectivity index (χ0n) is 11.6. The quantitative estimate of drug-likeness (QED) is 0.869. The molecule has 0 aromatic heterocycles. The fourth-order valence-electron chi connectivity index (χ4n) is 2.01.